The molecule has 1 unspecified atom stereocenters. The van der Waals surface area contributed by atoms with Crippen LogP contribution in [0, 0.1) is 0 Å². The lowest BCUT2D eigenvalue weighted by atomic mass is 10.0. The largest absolute Gasteiger partial charge is 0.394 e. The van der Waals surface area contributed by atoms with Crippen molar-refractivity contribution in [2.24, 2.45) is 0 Å². The Morgan fingerprint density at radius 3 is 2.54 bits per heavy atom. The quantitative estimate of drug-likeness (QED) is 0.776. The monoisotopic (exact) mass is 331 g/mol. The molecule has 1 aromatic carbocycles. The highest BCUT2D eigenvalue weighted by Crippen LogP contribution is 2.15. The van der Waals surface area contributed by atoms with Crippen LogP contribution in [0.3, 0.4) is 0 Å². The van der Waals surface area contributed by atoms with Gasteiger partial charge in [0, 0.05) is 18.8 Å². The zero-order chi connectivity index (χ0) is 17.5. The first kappa shape index (κ1) is 18.1. The second-order valence-corrected chi connectivity index (χ2v) is 6.10. The Labute approximate surface area is 142 Å². The number of benzene rings is 1. The summed E-state index contributed by atoms with van der Waals surface area (Å²) in [5.41, 5.74) is 2.11. The summed E-state index contributed by atoms with van der Waals surface area (Å²) in [6, 6.07) is 7.49. The molecule has 1 amide bonds. The van der Waals surface area contributed by atoms with Crippen LogP contribution in [0.15, 0.2) is 28.8 Å². The van der Waals surface area contributed by atoms with E-state index in [0.717, 1.165) is 12.0 Å². The molecule has 0 aliphatic carbocycles. The van der Waals surface area contributed by atoms with E-state index in [1.807, 2.05) is 38.1 Å². The standard InChI is InChI=1S/C18H25N3O3/c1-4-13-5-7-14(8-6-13)15(11-22)19-16(23)9-10-17-20-18(12(2)3)21-24-17/h5-8,12,15,22H,4,9-11H2,1-3H3,(H,19,23). The van der Waals surface area contributed by atoms with Gasteiger partial charge in [-0.15, -0.1) is 0 Å². The zero-order valence-electron chi connectivity index (χ0n) is 14.5. The number of rotatable bonds is 8. The van der Waals surface area contributed by atoms with Crippen molar-refractivity contribution in [1.29, 1.82) is 0 Å². The van der Waals surface area contributed by atoms with Gasteiger partial charge in [0.25, 0.3) is 0 Å². The third-order valence-corrected chi connectivity index (χ3v) is 3.87. The minimum atomic E-state index is -0.405. The van der Waals surface area contributed by atoms with Crippen LogP contribution in [0.2, 0.25) is 0 Å². The summed E-state index contributed by atoms with van der Waals surface area (Å²) < 4.78 is 5.13. The third kappa shape index (κ3) is 4.89. The zero-order valence-corrected chi connectivity index (χ0v) is 14.5. The lowest BCUT2D eigenvalue weighted by molar-refractivity contribution is -0.122. The predicted octanol–water partition coefficient (Wildman–Crippen LogP) is 2.54. The molecule has 0 spiro atoms. The summed E-state index contributed by atoms with van der Waals surface area (Å²) in [7, 11) is 0. The maximum Gasteiger partial charge on any atom is 0.227 e. The molecule has 1 heterocycles. The van der Waals surface area contributed by atoms with Crippen LogP contribution in [0.5, 0.6) is 0 Å². The van der Waals surface area contributed by atoms with E-state index in [1.165, 1.54) is 5.56 Å². The molecule has 6 heteroatoms. The van der Waals surface area contributed by atoms with Crippen molar-refractivity contribution in [2.75, 3.05) is 6.61 Å². The molecule has 1 aromatic heterocycles. The maximum absolute atomic E-state index is 12.1. The fourth-order valence-electron chi connectivity index (χ4n) is 2.31. The number of hydrogen-bond donors (Lipinski definition) is 2. The first-order chi connectivity index (χ1) is 11.5. The van der Waals surface area contributed by atoms with Gasteiger partial charge in [0.15, 0.2) is 5.82 Å². The molecule has 1 atom stereocenters. The first-order valence-electron chi connectivity index (χ1n) is 8.35. The Morgan fingerprint density at radius 1 is 1.29 bits per heavy atom. The molecule has 2 aromatic rings. The smallest absolute Gasteiger partial charge is 0.227 e. The van der Waals surface area contributed by atoms with Gasteiger partial charge in [-0.25, -0.2) is 0 Å². The van der Waals surface area contributed by atoms with Crippen molar-refractivity contribution < 1.29 is 14.4 Å². The summed E-state index contributed by atoms with van der Waals surface area (Å²) >= 11 is 0. The number of aromatic nitrogens is 2. The molecular formula is C18H25N3O3. The Morgan fingerprint density at radius 2 is 2.00 bits per heavy atom. The third-order valence-electron chi connectivity index (χ3n) is 3.87. The van der Waals surface area contributed by atoms with Crippen molar-refractivity contribution >= 4 is 5.91 Å². The van der Waals surface area contributed by atoms with Gasteiger partial charge in [-0.3, -0.25) is 4.79 Å². The molecular weight excluding hydrogens is 306 g/mol. The Bertz CT molecular complexity index is 650. The molecule has 0 aliphatic heterocycles. The molecule has 24 heavy (non-hydrogen) atoms. The van der Waals surface area contributed by atoms with Crippen molar-refractivity contribution in [3.8, 4) is 0 Å². The van der Waals surface area contributed by atoms with Crippen LogP contribution in [0.4, 0.5) is 0 Å². The average molecular weight is 331 g/mol. The Hall–Kier alpha value is -2.21. The van der Waals surface area contributed by atoms with Gasteiger partial charge in [0.1, 0.15) is 0 Å². The number of amides is 1. The molecule has 0 saturated carbocycles. The topological polar surface area (TPSA) is 88.2 Å². The second-order valence-electron chi connectivity index (χ2n) is 6.10. The number of hydrogen-bond acceptors (Lipinski definition) is 5. The molecule has 2 rings (SSSR count). The van der Waals surface area contributed by atoms with Crippen LogP contribution < -0.4 is 5.32 Å². The van der Waals surface area contributed by atoms with Gasteiger partial charge in [0.2, 0.25) is 11.8 Å². The van der Waals surface area contributed by atoms with Crippen LogP contribution >= 0.6 is 0 Å². The number of carbonyl (C=O) groups is 1. The molecule has 0 fully saturated rings. The summed E-state index contributed by atoms with van der Waals surface area (Å²) in [6.07, 6.45) is 1.58. The maximum atomic E-state index is 12.1. The molecule has 6 nitrogen and oxygen atoms in total. The van der Waals surface area contributed by atoms with Gasteiger partial charge in [-0.05, 0) is 17.5 Å². The van der Waals surface area contributed by atoms with Crippen molar-refractivity contribution in [1.82, 2.24) is 15.5 Å². The highest BCUT2D eigenvalue weighted by Gasteiger charge is 2.15. The van der Waals surface area contributed by atoms with E-state index < -0.39 is 6.04 Å². The van der Waals surface area contributed by atoms with Gasteiger partial charge in [-0.2, -0.15) is 4.98 Å². The fraction of sp³-hybridized carbons (Fsp3) is 0.500. The normalized spacial score (nSPS) is 12.4. The van der Waals surface area contributed by atoms with Gasteiger partial charge in [0.05, 0.1) is 12.6 Å². The Kier molecular flexibility index (Phi) is 6.49. The van der Waals surface area contributed by atoms with Crippen LogP contribution in [-0.2, 0) is 17.6 Å². The number of carbonyl (C=O) groups excluding carboxylic acids is 1. The summed E-state index contributed by atoms with van der Waals surface area (Å²) in [5, 5.41) is 16.3. The van der Waals surface area contributed by atoms with E-state index in [0.29, 0.717) is 18.1 Å². The van der Waals surface area contributed by atoms with E-state index in [1.54, 1.807) is 0 Å². The van der Waals surface area contributed by atoms with E-state index in [-0.39, 0.29) is 24.9 Å². The molecule has 0 aliphatic rings. The fourth-order valence-corrected chi connectivity index (χ4v) is 2.31. The predicted molar refractivity (Wildman–Crippen MR) is 90.5 cm³/mol. The van der Waals surface area contributed by atoms with Gasteiger partial charge >= 0.3 is 0 Å². The van der Waals surface area contributed by atoms with E-state index in [4.69, 9.17) is 4.52 Å². The summed E-state index contributed by atoms with van der Waals surface area (Å²) in [4.78, 5) is 16.4. The van der Waals surface area contributed by atoms with Crippen molar-refractivity contribution in [3.05, 3.63) is 47.1 Å². The van der Waals surface area contributed by atoms with E-state index >= 15 is 0 Å². The summed E-state index contributed by atoms with van der Waals surface area (Å²) in [6.45, 7) is 5.91. The molecule has 130 valence electrons. The number of nitrogens with one attached hydrogen (secondary N) is 1. The van der Waals surface area contributed by atoms with Gasteiger partial charge < -0.3 is 14.9 Å². The Balaban J connectivity index is 1.88. The lowest BCUT2D eigenvalue weighted by Gasteiger charge is -2.17. The van der Waals surface area contributed by atoms with E-state index in [2.05, 4.69) is 22.4 Å². The average Bonchev–Trinajstić information content (AvgIpc) is 3.07. The van der Waals surface area contributed by atoms with Gasteiger partial charge in [-0.1, -0.05) is 50.2 Å². The van der Waals surface area contributed by atoms with Crippen LogP contribution in [0.25, 0.3) is 0 Å². The van der Waals surface area contributed by atoms with Crippen molar-refractivity contribution in [2.45, 2.75) is 52.0 Å². The lowest BCUT2D eigenvalue weighted by Crippen LogP contribution is -2.30. The van der Waals surface area contributed by atoms with E-state index in [9.17, 15) is 9.90 Å². The molecule has 0 bridgehead atoms. The van der Waals surface area contributed by atoms with Crippen molar-refractivity contribution in [3.63, 3.8) is 0 Å². The number of aryl methyl sites for hydroxylation is 2. The number of aliphatic hydroxyl groups excluding tert-OH is 1. The minimum absolute atomic E-state index is 0.144. The highest BCUT2D eigenvalue weighted by molar-refractivity contribution is 5.76. The van der Waals surface area contributed by atoms with Crippen LogP contribution in [-0.4, -0.2) is 27.8 Å². The number of aliphatic hydroxyl groups is 1. The molecule has 2 N–H and O–H groups in total. The molecule has 0 radical (unpaired) electrons. The number of nitrogens with zero attached hydrogens (tertiary/aromatic N) is 2. The second kappa shape index (κ2) is 8.59. The summed E-state index contributed by atoms with van der Waals surface area (Å²) in [5.74, 6) is 1.15. The highest BCUT2D eigenvalue weighted by atomic mass is 16.5. The SMILES string of the molecule is CCc1ccc(C(CO)NC(=O)CCc2nc(C(C)C)no2)cc1. The molecule has 0 saturated heterocycles. The van der Waals surface area contributed by atoms with Crippen LogP contribution in [0.1, 0.15) is 62.0 Å². The first-order valence-corrected chi connectivity index (χ1v) is 8.35. The minimum Gasteiger partial charge on any atom is -0.394 e.